The van der Waals surface area contributed by atoms with Gasteiger partial charge < -0.3 is 65.1 Å². The van der Waals surface area contributed by atoms with E-state index in [1.807, 2.05) is 6.08 Å². The van der Waals surface area contributed by atoms with Gasteiger partial charge in [0.25, 0.3) is 0 Å². The van der Waals surface area contributed by atoms with E-state index in [1.54, 1.807) is 6.08 Å². The van der Waals surface area contributed by atoms with Crippen LogP contribution in [0.1, 0.15) is 187 Å². The summed E-state index contributed by atoms with van der Waals surface area (Å²) in [5, 5.41) is 87.0. The van der Waals surface area contributed by atoms with Gasteiger partial charge in [-0.25, -0.2) is 0 Å². The normalized spacial score (nSPS) is 26.1. The van der Waals surface area contributed by atoms with Crippen LogP contribution in [0.2, 0.25) is 0 Å². The van der Waals surface area contributed by atoms with Crippen molar-refractivity contribution in [2.75, 3.05) is 19.8 Å². The summed E-state index contributed by atoms with van der Waals surface area (Å²) >= 11 is 0. The molecule has 0 spiro atoms. The lowest BCUT2D eigenvalue weighted by molar-refractivity contribution is -0.359. The van der Waals surface area contributed by atoms with E-state index < -0.39 is 86.8 Å². The van der Waals surface area contributed by atoms with Crippen LogP contribution in [-0.4, -0.2) is 140 Å². The van der Waals surface area contributed by atoms with Crippen molar-refractivity contribution >= 4 is 5.91 Å². The van der Waals surface area contributed by atoms with E-state index in [0.717, 1.165) is 70.6 Å². The summed E-state index contributed by atoms with van der Waals surface area (Å²) in [7, 11) is 0. The van der Waals surface area contributed by atoms with Crippen LogP contribution in [0.5, 0.6) is 0 Å². The molecular formula is C59H101NO13. The first-order valence-corrected chi connectivity index (χ1v) is 28.3. The van der Waals surface area contributed by atoms with Gasteiger partial charge in [-0.2, -0.15) is 0 Å². The van der Waals surface area contributed by atoms with Gasteiger partial charge in [0, 0.05) is 6.42 Å². The molecule has 14 heteroatoms. The summed E-state index contributed by atoms with van der Waals surface area (Å²) in [4.78, 5) is 13.2. The number of hydrogen-bond donors (Lipinski definition) is 9. The molecule has 1 amide bonds. The zero-order valence-corrected chi connectivity index (χ0v) is 44.8. The summed E-state index contributed by atoms with van der Waals surface area (Å²) in [6.07, 6.45) is 41.8. The summed E-state index contributed by atoms with van der Waals surface area (Å²) in [6, 6.07) is -0.943. The molecule has 14 nitrogen and oxygen atoms in total. The molecule has 2 aliphatic heterocycles. The number of nitrogens with one attached hydrogen (secondary N) is 1. The fourth-order valence-corrected chi connectivity index (χ4v) is 8.76. The Kier molecular flexibility index (Phi) is 40.2. The van der Waals surface area contributed by atoms with Crippen LogP contribution in [0.15, 0.2) is 85.1 Å². The molecule has 9 N–H and O–H groups in total. The number of carbonyl (C=O) groups excluding carboxylic acids is 1. The Labute approximate surface area is 440 Å². The van der Waals surface area contributed by atoms with Gasteiger partial charge in [-0.3, -0.25) is 4.79 Å². The Balaban J connectivity index is 1.83. The van der Waals surface area contributed by atoms with Gasteiger partial charge in [0.1, 0.15) is 48.8 Å². The van der Waals surface area contributed by atoms with Crippen molar-refractivity contribution in [2.45, 2.75) is 261 Å². The van der Waals surface area contributed by atoms with E-state index in [1.165, 1.54) is 89.9 Å². The van der Waals surface area contributed by atoms with Gasteiger partial charge >= 0.3 is 0 Å². The number of rotatable bonds is 43. The molecule has 2 heterocycles. The first-order chi connectivity index (χ1) is 35.6. The van der Waals surface area contributed by atoms with Crippen LogP contribution in [0, 0.1) is 0 Å². The van der Waals surface area contributed by atoms with E-state index in [-0.39, 0.29) is 18.9 Å². The van der Waals surface area contributed by atoms with E-state index >= 15 is 0 Å². The third-order valence-corrected chi connectivity index (χ3v) is 13.3. The second kappa shape index (κ2) is 44.3. The van der Waals surface area contributed by atoms with Crippen molar-refractivity contribution in [1.29, 1.82) is 0 Å². The minimum Gasteiger partial charge on any atom is -0.394 e. The number of carbonyl (C=O) groups is 1. The minimum atomic E-state index is -1.80. The molecule has 12 unspecified atom stereocenters. The van der Waals surface area contributed by atoms with Gasteiger partial charge in [-0.15, -0.1) is 0 Å². The summed E-state index contributed by atoms with van der Waals surface area (Å²) in [5.74, 6) is -0.284. The smallest absolute Gasteiger partial charge is 0.220 e. The van der Waals surface area contributed by atoms with Crippen LogP contribution in [0.3, 0.4) is 0 Å². The van der Waals surface area contributed by atoms with Gasteiger partial charge in [-0.1, -0.05) is 195 Å². The molecule has 2 fully saturated rings. The van der Waals surface area contributed by atoms with Gasteiger partial charge in [0.2, 0.25) is 5.91 Å². The molecular weight excluding hydrogens is 931 g/mol. The van der Waals surface area contributed by atoms with Crippen molar-refractivity contribution < 1.29 is 64.6 Å². The summed E-state index contributed by atoms with van der Waals surface area (Å²) in [6.45, 7) is 2.64. The standard InChI is InChI=1S/C59H101NO13/c1-3-5-7-9-11-13-15-17-19-21-23-24-25-27-29-31-33-35-37-39-41-43-51(64)60-47(48(63)42-40-38-36-34-32-30-28-26-22-20-18-16-14-12-10-8-6-4-2)46-70-58-56(69)54(67)57(50(45-62)72-58)73-59-55(68)53(66)52(65)49(44-61)71-59/h5,7,11,13,17,19,23-24,27,29,33,35,40,42,47-50,52-59,61-63,65-69H,3-4,6,8-10,12,14-16,18,20-22,25-26,28,30-32,34,36-39,41,43-46H2,1-2H3,(H,60,64)/b7-5-,13-11-,19-17-,24-23-,29-27-,35-33-,42-40+. The molecule has 0 aromatic heterocycles. The Morgan fingerprint density at radius 3 is 1.45 bits per heavy atom. The van der Waals surface area contributed by atoms with E-state index in [2.05, 4.69) is 92.1 Å². The molecule has 2 rings (SSSR count). The SMILES string of the molecule is CC/C=C\C/C=C\C/C=C\C/C=C\C/C=C\C/C=C\CCCCC(=O)NC(COC1OC(CO)C(OC2OC(CO)C(O)C(O)C2O)C(O)C1O)C(O)/C=C/CCCCCCCCCCCCCCCCCC. The molecule has 2 saturated heterocycles. The second-order valence-electron chi connectivity index (χ2n) is 19.7. The molecule has 0 saturated carbocycles. The Morgan fingerprint density at radius 1 is 0.507 bits per heavy atom. The van der Waals surface area contributed by atoms with Crippen molar-refractivity contribution in [3.8, 4) is 0 Å². The predicted molar refractivity (Wildman–Crippen MR) is 290 cm³/mol. The van der Waals surface area contributed by atoms with Crippen LogP contribution in [0.4, 0.5) is 0 Å². The fourth-order valence-electron chi connectivity index (χ4n) is 8.76. The average molecular weight is 1030 g/mol. The number of unbranched alkanes of at least 4 members (excludes halogenated alkanes) is 18. The topological polar surface area (TPSA) is 228 Å². The van der Waals surface area contributed by atoms with Crippen molar-refractivity contribution in [3.05, 3.63) is 85.1 Å². The largest absolute Gasteiger partial charge is 0.394 e. The number of aliphatic hydroxyl groups is 8. The number of allylic oxidation sites excluding steroid dienone is 13. The van der Waals surface area contributed by atoms with E-state index in [9.17, 15) is 45.6 Å². The van der Waals surface area contributed by atoms with Gasteiger partial charge in [0.15, 0.2) is 12.6 Å². The average Bonchev–Trinajstić information content (AvgIpc) is 3.39. The van der Waals surface area contributed by atoms with Crippen LogP contribution in [0.25, 0.3) is 0 Å². The lowest BCUT2D eigenvalue weighted by Gasteiger charge is -2.46. The van der Waals surface area contributed by atoms with Crippen molar-refractivity contribution in [1.82, 2.24) is 5.32 Å². The molecule has 0 aromatic carbocycles. The molecule has 2 aliphatic rings. The van der Waals surface area contributed by atoms with Crippen LogP contribution >= 0.6 is 0 Å². The summed E-state index contributed by atoms with van der Waals surface area (Å²) < 4.78 is 22.7. The maximum absolute atomic E-state index is 13.2. The van der Waals surface area contributed by atoms with Gasteiger partial charge in [-0.05, 0) is 70.6 Å². The third-order valence-electron chi connectivity index (χ3n) is 13.3. The molecule has 420 valence electrons. The zero-order valence-electron chi connectivity index (χ0n) is 44.8. The monoisotopic (exact) mass is 1030 g/mol. The minimum absolute atomic E-state index is 0.222. The molecule has 0 aliphatic carbocycles. The number of ether oxygens (including phenoxy) is 4. The highest BCUT2D eigenvalue weighted by molar-refractivity contribution is 5.76. The Morgan fingerprint density at radius 2 is 0.945 bits per heavy atom. The zero-order chi connectivity index (χ0) is 53.2. The number of amides is 1. The second-order valence-corrected chi connectivity index (χ2v) is 19.7. The van der Waals surface area contributed by atoms with Crippen LogP contribution < -0.4 is 5.32 Å². The first-order valence-electron chi connectivity index (χ1n) is 28.3. The highest BCUT2D eigenvalue weighted by Gasteiger charge is 2.51. The summed E-state index contributed by atoms with van der Waals surface area (Å²) in [5.41, 5.74) is 0. The maximum atomic E-state index is 13.2. The van der Waals surface area contributed by atoms with E-state index in [0.29, 0.717) is 6.42 Å². The maximum Gasteiger partial charge on any atom is 0.220 e. The molecule has 12 atom stereocenters. The molecule has 0 radical (unpaired) electrons. The third kappa shape index (κ3) is 30.5. The van der Waals surface area contributed by atoms with Crippen molar-refractivity contribution in [2.24, 2.45) is 0 Å². The first kappa shape index (κ1) is 66.3. The lowest BCUT2D eigenvalue weighted by atomic mass is 9.97. The predicted octanol–water partition coefficient (Wildman–Crippen LogP) is 8.94. The molecule has 73 heavy (non-hydrogen) atoms. The van der Waals surface area contributed by atoms with Crippen molar-refractivity contribution in [3.63, 3.8) is 0 Å². The Hall–Kier alpha value is -2.83. The number of aliphatic hydroxyl groups excluding tert-OH is 8. The van der Waals surface area contributed by atoms with Gasteiger partial charge in [0.05, 0.1) is 32.0 Å². The lowest BCUT2D eigenvalue weighted by Crippen LogP contribution is -2.65. The molecule has 0 aromatic rings. The fraction of sp³-hybridized carbons (Fsp3) is 0.746. The van der Waals surface area contributed by atoms with Crippen LogP contribution in [-0.2, 0) is 23.7 Å². The number of hydrogen-bond acceptors (Lipinski definition) is 13. The highest BCUT2D eigenvalue weighted by atomic mass is 16.7. The Bertz CT molecular complexity index is 1550. The quantitative estimate of drug-likeness (QED) is 0.0206. The van der Waals surface area contributed by atoms with E-state index in [4.69, 9.17) is 18.9 Å². The molecule has 0 bridgehead atoms. The highest BCUT2D eigenvalue weighted by Crippen LogP contribution is 2.30.